The van der Waals surface area contributed by atoms with Gasteiger partial charge in [-0.2, -0.15) is 0 Å². The van der Waals surface area contributed by atoms with Crippen molar-refractivity contribution in [2.75, 3.05) is 28.4 Å². The number of aromatic hydroxyl groups is 1. The maximum atomic E-state index is 13.4. The molecule has 0 aromatic heterocycles. The second kappa shape index (κ2) is 9.42. The quantitative estimate of drug-likeness (QED) is 0.295. The van der Waals surface area contributed by atoms with Gasteiger partial charge in [0.25, 0.3) is 0 Å². The summed E-state index contributed by atoms with van der Waals surface area (Å²) in [6, 6.07) is 11.4. The Hall–Kier alpha value is -4.66. The van der Waals surface area contributed by atoms with Crippen molar-refractivity contribution in [3.05, 3.63) is 70.5 Å². The average Bonchev–Trinajstić information content (AvgIpc) is 3.22. The van der Waals surface area contributed by atoms with Crippen LogP contribution in [0.15, 0.2) is 48.2 Å². The number of carbonyl (C=O) groups is 2. The van der Waals surface area contributed by atoms with Crippen LogP contribution in [0.5, 0.6) is 40.2 Å². The number of phenolic OH excluding ortho intramolecular Hbond substituents is 1. The number of fused-ring (bicyclic) bond motifs is 3. The van der Waals surface area contributed by atoms with Crippen molar-refractivity contribution in [1.29, 1.82) is 0 Å². The molecule has 0 amide bonds. The summed E-state index contributed by atoms with van der Waals surface area (Å²) in [5.41, 5.74) is 2.17. The van der Waals surface area contributed by atoms with Gasteiger partial charge in [-0.25, -0.2) is 0 Å². The smallest absolute Gasteiger partial charge is 0.312 e. The lowest BCUT2D eigenvalue weighted by Crippen LogP contribution is -2.21. The summed E-state index contributed by atoms with van der Waals surface area (Å²) in [4.78, 5) is 25.8. The monoisotopic (exact) mass is 504 g/mol. The number of methoxy groups -OCH3 is 4. The third-order valence-electron chi connectivity index (χ3n) is 6.41. The van der Waals surface area contributed by atoms with Gasteiger partial charge in [0, 0.05) is 23.1 Å². The van der Waals surface area contributed by atoms with E-state index in [2.05, 4.69) is 0 Å². The van der Waals surface area contributed by atoms with Gasteiger partial charge < -0.3 is 33.5 Å². The van der Waals surface area contributed by atoms with Crippen molar-refractivity contribution in [3.8, 4) is 40.2 Å². The molecule has 1 unspecified atom stereocenters. The Morgan fingerprint density at radius 2 is 1.54 bits per heavy atom. The van der Waals surface area contributed by atoms with Gasteiger partial charge in [0.1, 0.15) is 17.2 Å². The molecular formula is C28H24O9. The molecule has 3 aromatic carbocycles. The second-order valence-corrected chi connectivity index (χ2v) is 8.41. The predicted molar refractivity (Wildman–Crippen MR) is 132 cm³/mol. The highest BCUT2D eigenvalue weighted by atomic mass is 16.5. The number of allylic oxidation sites excluding steroid dienone is 1. The van der Waals surface area contributed by atoms with Crippen LogP contribution in [0.3, 0.4) is 0 Å². The minimum absolute atomic E-state index is 0.0244. The molecule has 9 nitrogen and oxygen atoms in total. The van der Waals surface area contributed by atoms with Gasteiger partial charge in [0.15, 0.2) is 28.8 Å². The Balaban J connectivity index is 1.61. The molecule has 0 aliphatic carbocycles. The van der Waals surface area contributed by atoms with Gasteiger partial charge in [0.2, 0.25) is 5.78 Å². The number of ketones is 1. The fraction of sp³-hybridized carbons (Fsp3) is 0.214. The second-order valence-electron chi connectivity index (χ2n) is 8.41. The van der Waals surface area contributed by atoms with Crippen LogP contribution in [-0.2, 0) is 4.79 Å². The van der Waals surface area contributed by atoms with Crippen LogP contribution in [0.1, 0.15) is 39.4 Å². The summed E-state index contributed by atoms with van der Waals surface area (Å²) in [5, 5.41) is 10.0. The first-order valence-electron chi connectivity index (χ1n) is 11.4. The molecule has 0 radical (unpaired) electrons. The van der Waals surface area contributed by atoms with Crippen molar-refractivity contribution in [3.63, 3.8) is 0 Å². The topological polar surface area (TPSA) is 110 Å². The van der Waals surface area contributed by atoms with Crippen LogP contribution >= 0.6 is 0 Å². The number of Topliss-reactive ketones (excluding diaryl/α,β-unsaturated/α-hetero) is 1. The molecule has 5 rings (SSSR count). The van der Waals surface area contributed by atoms with Crippen molar-refractivity contribution >= 4 is 17.8 Å². The lowest BCUT2D eigenvalue weighted by molar-refractivity contribution is -0.135. The standard InChI is InChI=1S/C28H24O9/c1-32-20-13-23(35-4)22(34-3)10-15(20)11-24-27(31)16-6-8-19-26(28(16)37-24)17(12-25(30)36-19)14-5-7-18(29)21(9-14)33-2/h5-11,13,17,29H,12H2,1-4H3. The summed E-state index contributed by atoms with van der Waals surface area (Å²) in [5.74, 6) is 1.12. The van der Waals surface area contributed by atoms with E-state index in [0.717, 1.165) is 0 Å². The molecule has 2 aliphatic heterocycles. The first kappa shape index (κ1) is 24.1. The molecule has 0 saturated carbocycles. The highest BCUT2D eigenvalue weighted by molar-refractivity contribution is 6.15. The zero-order chi connectivity index (χ0) is 26.3. The van der Waals surface area contributed by atoms with E-state index in [1.54, 1.807) is 42.5 Å². The number of esters is 1. The van der Waals surface area contributed by atoms with Crippen LogP contribution in [-0.4, -0.2) is 45.3 Å². The van der Waals surface area contributed by atoms with Crippen molar-refractivity contribution in [2.45, 2.75) is 12.3 Å². The minimum atomic E-state index is -0.483. The normalized spacial score (nSPS) is 17.0. The number of ether oxygens (including phenoxy) is 6. The Morgan fingerprint density at radius 3 is 2.24 bits per heavy atom. The lowest BCUT2D eigenvalue weighted by atomic mass is 9.84. The van der Waals surface area contributed by atoms with Crippen molar-refractivity contribution in [2.24, 2.45) is 0 Å². The van der Waals surface area contributed by atoms with E-state index in [4.69, 9.17) is 28.4 Å². The molecule has 190 valence electrons. The van der Waals surface area contributed by atoms with E-state index in [1.165, 1.54) is 34.5 Å². The maximum Gasteiger partial charge on any atom is 0.312 e. The third kappa shape index (κ3) is 4.08. The van der Waals surface area contributed by atoms with E-state index in [9.17, 15) is 14.7 Å². The highest BCUT2D eigenvalue weighted by Crippen LogP contribution is 2.50. The summed E-state index contributed by atoms with van der Waals surface area (Å²) in [6.45, 7) is 0. The van der Waals surface area contributed by atoms with Gasteiger partial charge in [-0.3, -0.25) is 9.59 Å². The van der Waals surface area contributed by atoms with Crippen molar-refractivity contribution in [1.82, 2.24) is 0 Å². The van der Waals surface area contributed by atoms with Crippen LogP contribution in [0.2, 0.25) is 0 Å². The van der Waals surface area contributed by atoms with E-state index in [-0.39, 0.29) is 29.5 Å². The molecule has 3 aromatic rings. The number of carbonyl (C=O) groups excluding carboxylic acids is 2. The molecule has 0 fully saturated rings. The molecule has 0 saturated heterocycles. The van der Waals surface area contributed by atoms with Gasteiger partial charge in [-0.05, 0) is 42.0 Å². The van der Waals surface area contributed by atoms with Crippen LogP contribution < -0.4 is 28.4 Å². The Morgan fingerprint density at radius 1 is 0.838 bits per heavy atom. The highest BCUT2D eigenvalue weighted by Gasteiger charge is 2.39. The summed E-state index contributed by atoms with van der Waals surface area (Å²) in [6.07, 6.45) is 1.60. The van der Waals surface area contributed by atoms with E-state index in [0.29, 0.717) is 51.0 Å². The average molecular weight is 504 g/mol. The summed E-state index contributed by atoms with van der Waals surface area (Å²) < 4.78 is 33.1. The zero-order valence-corrected chi connectivity index (χ0v) is 20.6. The van der Waals surface area contributed by atoms with Gasteiger partial charge in [-0.1, -0.05) is 6.07 Å². The predicted octanol–water partition coefficient (Wildman–Crippen LogP) is 4.48. The van der Waals surface area contributed by atoms with E-state index >= 15 is 0 Å². The van der Waals surface area contributed by atoms with Crippen molar-refractivity contribution < 1.29 is 43.1 Å². The maximum absolute atomic E-state index is 13.4. The molecule has 37 heavy (non-hydrogen) atoms. The lowest BCUT2D eigenvalue weighted by Gasteiger charge is -2.26. The molecule has 0 bridgehead atoms. The molecular weight excluding hydrogens is 480 g/mol. The first-order valence-corrected chi connectivity index (χ1v) is 11.4. The fourth-order valence-corrected chi connectivity index (χ4v) is 4.61. The number of phenols is 1. The number of hydrogen-bond acceptors (Lipinski definition) is 9. The summed E-state index contributed by atoms with van der Waals surface area (Å²) >= 11 is 0. The molecule has 1 N–H and O–H groups in total. The Labute approximate surface area is 212 Å². The fourth-order valence-electron chi connectivity index (χ4n) is 4.61. The Bertz CT molecular complexity index is 1450. The molecule has 1 atom stereocenters. The van der Waals surface area contributed by atoms with Gasteiger partial charge in [0.05, 0.1) is 40.4 Å². The zero-order valence-electron chi connectivity index (χ0n) is 20.6. The SMILES string of the molecule is COc1cc(C2CC(=O)Oc3ccc4c(c32)OC(=Cc2cc(OC)c(OC)cc2OC)C4=O)ccc1O. The van der Waals surface area contributed by atoms with Crippen LogP contribution in [0, 0.1) is 0 Å². The van der Waals surface area contributed by atoms with Gasteiger partial charge >= 0.3 is 5.97 Å². The Kier molecular flexibility index (Phi) is 6.12. The molecule has 9 heteroatoms. The largest absolute Gasteiger partial charge is 0.504 e. The van der Waals surface area contributed by atoms with Gasteiger partial charge in [-0.15, -0.1) is 0 Å². The number of rotatable bonds is 6. The van der Waals surface area contributed by atoms with E-state index in [1.807, 2.05) is 0 Å². The molecule has 2 heterocycles. The van der Waals surface area contributed by atoms with Crippen LogP contribution in [0.4, 0.5) is 0 Å². The van der Waals surface area contributed by atoms with E-state index < -0.39 is 11.9 Å². The third-order valence-corrected chi connectivity index (χ3v) is 6.41. The number of hydrogen-bond donors (Lipinski definition) is 1. The summed E-state index contributed by atoms with van der Waals surface area (Å²) in [7, 11) is 5.99. The molecule has 2 aliphatic rings. The first-order chi connectivity index (χ1) is 17.9. The van der Waals surface area contributed by atoms with Crippen LogP contribution in [0.25, 0.3) is 6.08 Å². The minimum Gasteiger partial charge on any atom is -0.504 e. The molecule has 0 spiro atoms. The number of benzene rings is 3.